The van der Waals surface area contributed by atoms with Crippen LogP contribution in [0, 0.1) is 13.8 Å². The Morgan fingerprint density at radius 1 is 0.892 bits per heavy atom. The second-order valence-corrected chi connectivity index (χ2v) is 10.1. The number of ether oxygens (including phenoxy) is 1. The number of methoxy groups -OCH3 is 1. The zero-order chi connectivity index (χ0) is 25.8. The van der Waals surface area contributed by atoms with Gasteiger partial charge in [0.2, 0.25) is 0 Å². The van der Waals surface area contributed by atoms with Crippen LogP contribution in [0.5, 0.6) is 5.75 Å². The summed E-state index contributed by atoms with van der Waals surface area (Å²) in [4.78, 5) is 18.4. The van der Waals surface area contributed by atoms with Gasteiger partial charge in [-0.1, -0.05) is 60.7 Å². The van der Waals surface area contributed by atoms with Crippen LogP contribution >= 0.6 is 0 Å². The molecule has 0 spiro atoms. The van der Waals surface area contributed by atoms with E-state index in [9.17, 15) is 4.79 Å². The van der Waals surface area contributed by atoms with E-state index in [1.807, 2.05) is 24.3 Å². The summed E-state index contributed by atoms with van der Waals surface area (Å²) >= 11 is 0. The Balaban J connectivity index is 1.31. The van der Waals surface area contributed by atoms with E-state index in [1.165, 1.54) is 16.7 Å². The number of hydrogen-bond acceptors (Lipinski definition) is 5. The number of carbonyl (C=O) groups excluding carboxylic acids is 1. The van der Waals surface area contributed by atoms with E-state index in [0.29, 0.717) is 13.0 Å². The molecule has 0 saturated carbocycles. The standard InChI is InChI=1S/C31H36N4O2/c1-23-13-14-26(19-24(23)2)28-20-29(27-11-7-8-12-30(27)37-3)35(32-28)31(36)22-34-17-15-33(16-18-34)21-25-9-5-4-6-10-25/h4-14,19,29H,15-18,20-22H2,1-3H3/t29-/m1/s1. The lowest BCUT2D eigenvalue weighted by molar-refractivity contribution is -0.134. The topological polar surface area (TPSA) is 48.4 Å². The van der Waals surface area contributed by atoms with Gasteiger partial charge in [-0.3, -0.25) is 14.6 Å². The van der Waals surface area contributed by atoms with Crippen molar-refractivity contribution in [2.75, 3.05) is 39.8 Å². The van der Waals surface area contributed by atoms with Crippen molar-refractivity contribution in [1.82, 2.24) is 14.8 Å². The molecule has 6 nitrogen and oxygen atoms in total. The SMILES string of the molecule is COc1ccccc1[C@H]1CC(c2ccc(C)c(C)c2)=NN1C(=O)CN1CCN(Cc2ccccc2)CC1. The van der Waals surface area contributed by atoms with Crippen molar-refractivity contribution in [1.29, 1.82) is 0 Å². The number of para-hydroxylation sites is 1. The van der Waals surface area contributed by atoms with E-state index in [0.717, 1.165) is 55.3 Å². The molecule has 6 heteroatoms. The number of amides is 1. The van der Waals surface area contributed by atoms with Gasteiger partial charge >= 0.3 is 0 Å². The normalized spacial score (nSPS) is 18.6. The van der Waals surface area contributed by atoms with Crippen molar-refractivity contribution in [2.45, 2.75) is 32.9 Å². The third-order valence-electron chi connectivity index (χ3n) is 7.58. The van der Waals surface area contributed by atoms with E-state index in [2.05, 4.69) is 72.2 Å². The van der Waals surface area contributed by atoms with Crippen LogP contribution in [0.1, 0.15) is 40.3 Å². The van der Waals surface area contributed by atoms with Crippen LogP contribution in [0.25, 0.3) is 0 Å². The predicted octanol–water partition coefficient (Wildman–Crippen LogP) is 4.81. The highest BCUT2D eigenvalue weighted by Gasteiger charge is 2.35. The van der Waals surface area contributed by atoms with Gasteiger partial charge in [0.05, 0.1) is 25.4 Å². The zero-order valence-corrected chi connectivity index (χ0v) is 22.1. The van der Waals surface area contributed by atoms with Crippen molar-refractivity contribution in [2.24, 2.45) is 5.10 Å². The molecule has 0 bridgehead atoms. The van der Waals surface area contributed by atoms with Crippen LogP contribution in [0.15, 0.2) is 77.9 Å². The molecular weight excluding hydrogens is 460 g/mol. The van der Waals surface area contributed by atoms with E-state index in [1.54, 1.807) is 12.1 Å². The average Bonchev–Trinajstić information content (AvgIpc) is 3.37. The van der Waals surface area contributed by atoms with E-state index in [-0.39, 0.29) is 11.9 Å². The molecule has 0 N–H and O–H groups in total. The highest BCUT2D eigenvalue weighted by atomic mass is 16.5. The van der Waals surface area contributed by atoms with Crippen LogP contribution in [-0.4, -0.2) is 66.3 Å². The second kappa shape index (κ2) is 11.3. The number of hydrazone groups is 1. The molecule has 0 unspecified atom stereocenters. The minimum atomic E-state index is -0.181. The molecule has 2 heterocycles. The minimum Gasteiger partial charge on any atom is -0.496 e. The van der Waals surface area contributed by atoms with Crippen LogP contribution in [0.2, 0.25) is 0 Å². The monoisotopic (exact) mass is 496 g/mol. The first-order valence-corrected chi connectivity index (χ1v) is 13.1. The first-order valence-electron chi connectivity index (χ1n) is 13.1. The molecule has 1 fully saturated rings. The summed E-state index contributed by atoms with van der Waals surface area (Å²) in [5.41, 5.74) is 6.83. The summed E-state index contributed by atoms with van der Waals surface area (Å²) in [6.07, 6.45) is 0.666. The lowest BCUT2D eigenvalue weighted by Gasteiger charge is -2.35. The summed E-state index contributed by atoms with van der Waals surface area (Å²) in [5.74, 6) is 0.822. The Morgan fingerprint density at radius 2 is 1.59 bits per heavy atom. The van der Waals surface area contributed by atoms with Crippen molar-refractivity contribution in [3.63, 3.8) is 0 Å². The Hall–Kier alpha value is -3.48. The second-order valence-electron chi connectivity index (χ2n) is 10.1. The van der Waals surface area contributed by atoms with Gasteiger partial charge in [0.25, 0.3) is 5.91 Å². The molecule has 1 saturated heterocycles. The molecular formula is C31H36N4O2. The quantitative estimate of drug-likeness (QED) is 0.471. The molecule has 1 atom stereocenters. The largest absolute Gasteiger partial charge is 0.496 e. The van der Waals surface area contributed by atoms with Gasteiger partial charge in [0.1, 0.15) is 5.75 Å². The third-order valence-corrected chi connectivity index (χ3v) is 7.58. The summed E-state index contributed by atoms with van der Waals surface area (Å²) < 4.78 is 5.67. The highest BCUT2D eigenvalue weighted by Crippen LogP contribution is 2.37. The van der Waals surface area contributed by atoms with Crippen molar-refractivity contribution >= 4 is 11.6 Å². The maximum absolute atomic E-state index is 13.7. The predicted molar refractivity (Wildman–Crippen MR) is 148 cm³/mol. The number of carbonyl (C=O) groups is 1. The van der Waals surface area contributed by atoms with Gasteiger partial charge < -0.3 is 4.74 Å². The maximum Gasteiger partial charge on any atom is 0.257 e. The van der Waals surface area contributed by atoms with Gasteiger partial charge in [0.15, 0.2) is 0 Å². The van der Waals surface area contributed by atoms with E-state index >= 15 is 0 Å². The molecule has 3 aromatic carbocycles. The molecule has 2 aliphatic heterocycles. The Labute approximate surface area is 220 Å². The van der Waals surface area contributed by atoms with Crippen LogP contribution in [0.4, 0.5) is 0 Å². The van der Waals surface area contributed by atoms with Gasteiger partial charge in [-0.05, 0) is 48.2 Å². The summed E-state index contributed by atoms with van der Waals surface area (Å²) in [5, 5.41) is 6.61. The fraction of sp³-hybridized carbons (Fsp3) is 0.355. The average molecular weight is 497 g/mol. The Kier molecular flexibility index (Phi) is 7.68. The molecule has 5 rings (SSSR count). The van der Waals surface area contributed by atoms with E-state index in [4.69, 9.17) is 9.84 Å². The number of rotatable bonds is 7. The van der Waals surface area contributed by atoms with Crippen molar-refractivity contribution in [3.8, 4) is 5.75 Å². The maximum atomic E-state index is 13.7. The number of nitrogens with zero attached hydrogens (tertiary/aromatic N) is 4. The van der Waals surface area contributed by atoms with Gasteiger partial charge in [-0.25, -0.2) is 5.01 Å². The number of benzene rings is 3. The molecule has 3 aromatic rings. The minimum absolute atomic E-state index is 0.0336. The molecule has 1 amide bonds. The van der Waals surface area contributed by atoms with Gasteiger partial charge in [-0.2, -0.15) is 5.10 Å². The summed E-state index contributed by atoms with van der Waals surface area (Å²) in [7, 11) is 1.68. The molecule has 0 aliphatic carbocycles. The lowest BCUT2D eigenvalue weighted by atomic mass is 9.96. The highest BCUT2D eigenvalue weighted by molar-refractivity contribution is 6.03. The Bertz CT molecular complexity index is 1270. The zero-order valence-electron chi connectivity index (χ0n) is 22.1. The first-order chi connectivity index (χ1) is 18.0. The Morgan fingerprint density at radius 3 is 2.32 bits per heavy atom. The lowest BCUT2D eigenvalue weighted by Crippen LogP contribution is -2.49. The van der Waals surface area contributed by atoms with E-state index < -0.39 is 0 Å². The molecule has 192 valence electrons. The van der Waals surface area contributed by atoms with Crippen LogP contribution < -0.4 is 4.74 Å². The van der Waals surface area contributed by atoms with Gasteiger partial charge in [0, 0.05) is 44.7 Å². The van der Waals surface area contributed by atoms with Crippen molar-refractivity contribution < 1.29 is 9.53 Å². The molecule has 0 radical (unpaired) electrons. The number of hydrogen-bond donors (Lipinski definition) is 0. The smallest absolute Gasteiger partial charge is 0.257 e. The molecule has 37 heavy (non-hydrogen) atoms. The number of aryl methyl sites for hydroxylation is 2. The fourth-order valence-electron chi connectivity index (χ4n) is 5.23. The van der Waals surface area contributed by atoms with Crippen molar-refractivity contribution in [3.05, 3.63) is 101 Å². The third kappa shape index (κ3) is 5.76. The van der Waals surface area contributed by atoms with Crippen LogP contribution in [-0.2, 0) is 11.3 Å². The van der Waals surface area contributed by atoms with Crippen LogP contribution in [0.3, 0.4) is 0 Å². The molecule has 2 aliphatic rings. The summed E-state index contributed by atoms with van der Waals surface area (Å²) in [6, 6.07) is 24.8. The van der Waals surface area contributed by atoms with Gasteiger partial charge in [-0.15, -0.1) is 0 Å². The number of piperazine rings is 1. The fourth-order valence-corrected chi connectivity index (χ4v) is 5.23. The summed E-state index contributed by atoms with van der Waals surface area (Å²) in [6.45, 7) is 9.21. The first kappa shape index (κ1) is 25.2. The molecule has 0 aromatic heterocycles.